The monoisotopic (exact) mass is 384 g/mol. The lowest BCUT2D eigenvalue weighted by Crippen LogP contribution is -2.40. The second-order valence-electron chi connectivity index (χ2n) is 6.25. The molecule has 1 saturated heterocycles. The molecular weight excluding hydrogens is 364 g/mol. The summed E-state index contributed by atoms with van der Waals surface area (Å²) in [5.41, 5.74) is 0.736. The summed E-state index contributed by atoms with van der Waals surface area (Å²) in [6.07, 6.45) is 3.33. The molecule has 4 rings (SSSR count). The Morgan fingerprint density at radius 2 is 2.15 bits per heavy atom. The minimum absolute atomic E-state index is 0.0277. The van der Waals surface area contributed by atoms with Crippen LogP contribution in [0.1, 0.15) is 12.8 Å². The maximum atomic E-state index is 12.9. The van der Waals surface area contributed by atoms with Crippen molar-refractivity contribution in [3.8, 4) is 5.75 Å². The molecule has 7 nitrogen and oxygen atoms in total. The average molecular weight is 384 g/mol. The standard InChI is InChI=1S/C19H20N4O3S/c1-25-12-26-14-6-4-13(5-7-14)22-18(24)16-3-2-9-23(16)17-15-8-10-27-19(15)21-11-20-17/h4-8,10-11,16H,2-3,9,12H2,1H3,(H,22,24). The lowest BCUT2D eigenvalue weighted by molar-refractivity contribution is -0.117. The number of methoxy groups -OCH3 is 1. The second kappa shape index (κ2) is 7.89. The topological polar surface area (TPSA) is 76.6 Å². The van der Waals surface area contributed by atoms with Gasteiger partial charge < -0.3 is 19.7 Å². The van der Waals surface area contributed by atoms with Crippen molar-refractivity contribution >= 4 is 39.0 Å². The number of carbonyl (C=O) groups excluding carboxylic acids is 1. The number of nitrogens with one attached hydrogen (secondary N) is 1. The van der Waals surface area contributed by atoms with E-state index in [0.717, 1.165) is 41.1 Å². The zero-order chi connectivity index (χ0) is 18.6. The summed E-state index contributed by atoms with van der Waals surface area (Å²) in [5, 5.41) is 6.00. The first-order chi connectivity index (χ1) is 13.3. The summed E-state index contributed by atoms with van der Waals surface area (Å²) < 4.78 is 10.2. The van der Waals surface area contributed by atoms with E-state index in [4.69, 9.17) is 9.47 Å². The van der Waals surface area contributed by atoms with Crippen molar-refractivity contribution in [1.29, 1.82) is 0 Å². The first-order valence-corrected chi connectivity index (χ1v) is 9.62. The Bertz CT molecular complexity index is 928. The van der Waals surface area contributed by atoms with Gasteiger partial charge in [0.2, 0.25) is 5.91 Å². The van der Waals surface area contributed by atoms with E-state index in [9.17, 15) is 4.79 Å². The highest BCUT2D eigenvalue weighted by Crippen LogP contribution is 2.32. The number of carbonyl (C=O) groups is 1. The molecular formula is C19H20N4O3S. The van der Waals surface area contributed by atoms with Crippen LogP contribution in [0.4, 0.5) is 11.5 Å². The molecule has 0 aliphatic carbocycles. The van der Waals surface area contributed by atoms with Crippen LogP contribution in [-0.4, -0.2) is 42.4 Å². The molecule has 1 fully saturated rings. The van der Waals surface area contributed by atoms with Crippen LogP contribution >= 0.6 is 11.3 Å². The summed E-state index contributed by atoms with van der Waals surface area (Å²) in [6, 6.07) is 9.03. The van der Waals surface area contributed by atoms with E-state index in [1.165, 1.54) is 0 Å². The molecule has 140 valence electrons. The van der Waals surface area contributed by atoms with Crippen LogP contribution in [0.3, 0.4) is 0 Å². The van der Waals surface area contributed by atoms with Gasteiger partial charge in [0.25, 0.3) is 0 Å². The molecule has 1 unspecified atom stereocenters. The third kappa shape index (κ3) is 3.72. The molecule has 0 bridgehead atoms. The molecule has 0 spiro atoms. The molecule has 1 atom stereocenters. The predicted molar refractivity (Wildman–Crippen MR) is 105 cm³/mol. The number of thiophene rings is 1. The van der Waals surface area contributed by atoms with E-state index in [0.29, 0.717) is 5.75 Å². The quantitative estimate of drug-likeness (QED) is 0.657. The molecule has 1 N–H and O–H groups in total. The van der Waals surface area contributed by atoms with Gasteiger partial charge in [-0.05, 0) is 48.6 Å². The molecule has 0 radical (unpaired) electrons. The number of nitrogens with zero attached hydrogens (tertiary/aromatic N) is 3. The average Bonchev–Trinajstić information content (AvgIpc) is 3.36. The summed E-state index contributed by atoms with van der Waals surface area (Å²) >= 11 is 1.58. The zero-order valence-electron chi connectivity index (χ0n) is 14.9. The normalized spacial score (nSPS) is 16.6. The molecule has 1 amide bonds. The minimum Gasteiger partial charge on any atom is -0.468 e. The Morgan fingerprint density at radius 3 is 2.96 bits per heavy atom. The number of amides is 1. The molecule has 1 aliphatic heterocycles. The molecule has 1 aromatic carbocycles. The molecule has 8 heteroatoms. The zero-order valence-corrected chi connectivity index (χ0v) is 15.7. The van der Waals surface area contributed by atoms with E-state index in [1.807, 2.05) is 23.6 Å². The Morgan fingerprint density at radius 1 is 1.30 bits per heavy atom. The van der Waals surface area contributed by atoms with Crippen molar-refractivity contribution in [3.05, 3.63) is 42.0 Å². The van der Waals surface area contributed by atoms with Gasteiger partial charge >= 0.3 is 0 Å². The van der Waals surface area contributed by atoms with Gasteiger partial charge in [-0.1, -0.05) is 0 Å². The lowest BCUT2D eigenvalue weighted by atomic mass is 10.2. The lowest BCUT2D eigenvalue weighted by Gasteiger charge is -2.25. The number of fused-ring (bicyclic) bond motifs is 1. The Hall–Kier alpha value is -2.71. The highest BCUT2D eigenvalue weighted by atomic mass is 32.1. The van der Waals surface area contributed by atoms with Gasteiger partial charge in [0, 0.05) is 19.3 Å². The highest BCUT2D eigenvalue weighted by Gasteiger charge is 2.32. The van der Waals surface area contributed by atoms with Crippen LogP contribution in [0.5, 0.6) is 5.75 Å². The minimum atomic E-state index is -0.243. The molecule has 3 heterocycles. The third-order valence-electron chi connectivity index (χ3n) is 4.53. The Balaban J connectivity index is 1.49. The first kappa shape index (κ1) is 17.7. The Labute approximate surface area is 160 Å². The number of anilines is 2. The van der Waals surface area contributed by atoms with Crippen molar-refractivity contribution in [2.45, 2.75) is 18.9 Å². The first-order valence-electron chi connectivity index (χ1n) is 8.74. The van der Waals surface area contributed by atoms with E-state index in [2.05, 4.69) is 20.2 Å². The van der Waals surface area contributed by atoms with Crippen LogP contribution in [-0.2, 0) is 9.53 Å². The van der Waals surface area contributed by atoms with Gasteiger partial charge in [-0.15, -0.1) is 11.3 Å². The molecule has 1 aliphatic rings. The fourth-order valence-corrected chi connectivity index (χ4v) is 4.01. The number of benzene rings is 1. The van der Waals surface area contributed by atoms with Gasteiger partial charge in [0.15, 0.2) is 6.79 Å². The summed E-state index contributed by atoms with van der Waals surface area (Å²) in [4.78, 5) is 24.7. The molecule has 0 saturated carbocycles. The van der Waals surface area contributed by atoms with Crippen molar-refractivity contribution in [2.24, 2.45) is 0 Å². The van der Waals surface area contributed by atoms with Gasteiger partial charge in [-0.25, -0.2) is 9.97 Å². The highest BCUT2D eigenvalue weighted by molar-refractivity contribution is 7.16. The summed E-state index contributed by atoms with van der Waals surface area (Å²) in [7, 11) is 1.57. The van der Waals surface area contributed by atoms with E-state index in [-0.39, 0.29) is 18.7 Å². The van der Waals surface area contributed by atoms with Gasteiger partial charge in [0.05, 0.1) is 5.39 Å². The molecule has 27 heavy (non-hydrogen) atoms. The Kier molecular flexibility index (Phi) is 5.17. The number of hydrogen-bond acceptors (Lipinski definition) is 7. The fraction of sp³-hybridized carbons (Fsp3) is 0.316. The van der Waals surface area contributed by atoms with Crippen LogP contribution < -0.4 is 15.0 Å². The van der Waals surface area contributed by atoms with Crippen LogP contribution in [0.15, 0.2) is 42.0 Å². The summed E-state index contributed by atoms with van der Waals surface area (Å²) in [6.45, 7) is 1.00. The van der Waals surface area contributed by atoms with E-state index >= 15 is 0 Å². The van der Waals surface area contributed by atoms with Crippen molar-refractivity contribution < 1.29 is 14.3 Å². The van der Waals surface area contributed by atoms with Gasteiger partial charge in [0.1, 0.15) is 28.8 Å². The second-order valence-corrected chi connectivity index (χ2v) is 7.15. The summed E-state index contributed by atoms with van der Waals surface area (Å²) in [5.74, 6) is 1.50. The maximum Gasteiger partial charge on any atom is 0.247 e. The van der Waals surface area contributed by atoms with Crippen LogP contribution in [0, 0.1) is 0 Å². The SMILES string of the molecule is COCOc1ccc(NC(=O)C2CCCN2c2ncnc3sccc23)cc1. The number of rotatable bonds is 6. The van der Waals surface area contributed by atoms with E-state index < -0.39 is 0 Å². The van der Waals surface area contributed by atoms with E-state index in [1.54, 1.807) is 36.9 Å². The number of aromatic nitrogens is 2. The van der Waals surface area contributed by atoms with Crippen molar-refractivity contribution in [2.75, 3.05) is 30.7 Å². The maximum absolute atomic E-state index is 12.9. The largest absolute Gasteiger partial charge is 0.468 e. The van der Waals surface area contributed by atoms with Gasteiger partial charge in [-0.3, -0.25) is 4.79 Å². The third-order valence-corrected chi connectivity index (χ3v) is 5.35. The number of hydrogen-bond donors (Lipinski definition) is 1. The van der Waals surface area contributed by atoms with Crippen molar-refractivity contribution in [3.63, 3.8) is 0 Å². The van der Waals surface area contributed by atoms with Crippen molar-refractivity contribution in [1.82, 2.24) is 9.97 Å². The van der Waals surface area contributed by atoms with Crippen LogP contribution in [0.2, 0.25) is 0 Å². The fourth-order valence-electron chi connectivity index (χ4n) is 3.29. The van der Waals surface area contributed by atoms with Gasteiger partial charge in [-0.2, -0.15) is 0 Å². The molecule has 3 aromatic rings. The smallest absolute Gasteiger partial charge is 0.247 e. The number of ether oxygens (including phenoxy) is 2. The molecule has 2 aromatic heterocycles. The van der Waals surface area contributed by atoms with Crippen LogP contribution in [0.25, 0.3) is 10.2 Å². The predicted octanol–water partition coefficient (Wildman–Crippen LogP) is 3.28.